The van der Waals surface area contributed by atoms with E-state index in [1.807, 2.05) is 39.2 Å². The number of carbonyl (C=O) groups is 3. The van der Waals surface area contributed by atoms with Gasteiger partial charge in [0.15, 0.2) is 11.5 Å². The van der Waals surface area contributed by atoms with Crippen molar-refractivity contribution in [2.45, 2.75) is 64.6 Å². The zero-order valence-electron chi connectivity index (χ0n) is 29.2. The number of hydrogen-bond donors (Lipinski definition) is 2. The van der Waals surface area contributed by atoms with Gasteiger partial charge in [-0.05, 0) is 86.9 Å². The Kier molecular flexibility index (Phi) is 12.1. The molecule has 0 radical (unpaired) electrons. The SMILES string of the molecule is COc1cc2c(c(OC)c1OC)-c1ccc(NC(CCSC)C(=O)N3CCN(C(=O)OC(C)(C)C)CC3)c(=O)cc1C(NC(C)=O)CC2. The van der Waals surface area contributed by atoms with Gasteiger partial charge < -0.3 is 39.4 Å². The van der Waals surface area contributed by atoms with Crippen LogP contribution in [0.25, 0.3) is 11.1 Å². The number of fused-ring (bicyclic) bond motifs is 3. The van der Waals surface area contributed by atoms with E-state index >= 15 is 0 Å². The van der Waals surface area contributed by atoms with Crippen molar-refractivity contribution in [1.82, 2.24) is 15.1 Å². The molecule has 2 unspecified atom stereocenters. The minimum atomic E-state index is -0.669. The lowest BCUT2D eigenvalue weighted by Crippen LogP contribution is -2.54. The maximum Gasteiger partial charge on any atom is 0.410 e. The van der Waals surface area contributed by atoms with Gasteiger partial charge >= 0.3 is 6.09 Å². The van der Waals surface area contributed by atoms with E-state index in [1.54, 1.807) is 47.9 Å². The molecule has 2 atom stereocenters. The number of hydrogen-bond acceptors (Lipinski definition) is 10. The van der Waals surface area contributed by atoms with Gasteiger partial charge in [0.1, 0.15) is 11.6 Å². The van der Waals surface area contributed by atoms with Gasteiger partial charge in [0.25, 0.3) is 0 Å². The Morgan fingerprint density at radius 3 is 2.23 bits per heavy atom. The molecule has 2 aliphatic rings. The average Bonchev–Trinajstić information content (AvgIpc) is 3.29. The summed E-state index contributed by atoms with van der Waals surface area (Å²) in [5, 5.41) is 6.29. The normalized spacial score (nSPS) is 16.5. The highest BCUT2D eigenvalue weighted by Gasteiger charge is 2.32. The number of carbonyl (C=O) groups excluding carboxylic acids is 3. The summed E-state index contributed by atoms with van der Waals surface area (Å²) in [7, 11) is 4.65. The maximum atomic E-state index is 13.9. The molecule has 2 aromatic rings. The van der Waals surface area contributed by atoms with E-state index in [0.717, 1.165) is 11.1 Å². The molecule has 3 amide bonds. The number of ether oxygens (including phenoxy) is 4. The van der Waals surface area contributed by atoms with E-state index in [-0.39, 0.29) is 22.9 Å². The molecule has 2 aromatic carbocycles. The number of nitrogens with zero attached hydrogens (tertiary/aromatic N) is 2. The molecule has 2 N–H and O–H groups in total. The number of aryl methyl sites for hydroxylation is 1. The van der Waals surface area contributed by atoms with E-state index in [2.05, 4.69) is 10.6 Å². The summed E-state index contributed by atoms with van der Waals surface area (Å²) in [5.74, 6) is 1.74. The summed E-state index contributed by atoms with van der Waals surface area (Å²) in [4.78, 5) is 56.0. The fourth-order valence-corrected chi connectivity index (χ4v) is 6.64. The van der Waals surface area contributed by atoms with Crippen molar-refractivity contribution in [3.8, 4) is 28.4 Å². The van der Waals surface area contributed by atoms with Crippen molar-refractivity contribution in [2.75, 3.05) is 64.8 Å². The molecule has 0 aromatic heterocycles. The highest BCUT2D eigenvalue weighted by Crippen LogP contribution is 2.50. The molecular weight excluding hydrogens is 636 g/mol. The van der Waals surface area contributed by atoms with Crippen LogP contribution in [0.2, 0.25) is 0 Å². The Balaban J connectivity index is 1.71. The standard InChI is InChI=1S/C35H48N4O8S/c1-21(40)36-25-11-9-22-19-29(44-5)31(45-6)32(46-7)30(22)23-10-12-26(28(41)20-24(23)25)37-27(13-18-48-8)33(42)38-14-16-39(17-15-38)34(43)47-35(2,3)4/h10,12,19-20,25,27H,9,11,13-18H2,1-8H3,(H,36,40)(H,37,41). The first-order valence-corrected chi connectivity index (χ1v) is 17.5. The molecule has 13 heteroatoms. The minimum Gasteiger partial charge on any atom is -0.493 e. The van der Waals surface area contributed by atoms with Gasteiger partial charge in [-0.25, -0.2) is 4.79 Å². The predicted molar refractivity (Wildman–Crippen MR) is 187 cm³/mol. The van der Waals surface area contributed by atoms with Gasteiger partial charge in [0, 0.05) is 38.7 Å². The monoisotopic (exact) mass is 684 g/mol. The van der Waals surface area contributed by atoms with Crippen LogP contribution in [0.1, 0.15) is 57.7 Å². The van der Waals surface area contributed by atoms with Gasteiger partial charge in [0.05, 0.1) is 33.1 Å². The number of methoxy groups -OCH3 is 3. The summed E-state index contributed by atoms with van der Waals surface area (Å²) < 4.78 is 22.7. The second kappa shape index (κ2) is 15.8. The summed E-state index contributed by atoms with van der Waals surface area (Å²) in [5.41, 5.74) is 2.35. The molecule has 1 saturated heterocycles. The largest absolute Gasteiger partial charge is 0.493 e. The lowest BCUT2D eigenvalue weighted by atomic mass is 9.95. The van der Waals surface area contributed by atoms with E-state index in [4.69, 9.17) is 18.9 Å². The van der Waals surface area contributed by atoms with Crippen molar-refractivity contribution in [2.24, 2.45) is 0 Å². The summed E-state index contributed by atoms with van der Waals surface area (Å²) in [6.07, 6.45) is 3.18. The molecule has 262 valence electrons. The minimum absolute atomic E-state index is 0.139. The Labute approximate surface area is 286 Å². The molecule has 1 fully saturated rings. The number of anilines is 1. The third-order valence-corrected chi connectivity index (χ3v) is 9.04. The molecule has 1 aliphatic heterocycles. The quantitative estimate of drug-likeness (QED) is 0.369. The fourth-order valence-electron chi connectivity index (χ4n) is 6.16. The van der Waals surface area contributed by atoms with Crippen LogP contribution in [-0.2, 0) is 20.7 Å². The Morgan fingerprint density at radius 2 is 1.65 bits per heavy atom. The highest BCUT2D eigenvalue weighted by atomic mass is 32.2. The molecule has 4 rings (SSSR count). The third kappa shape index (κ3) is 8.47. The maximum absolute atomic E-state index is 13.9. The number of rotatable bonds is 10. The Bertz CT molecular complexity index is 1570. The Hall–Kier alpha value is -4.13. The predicted octanol–water partition coefficient (Wildman–Crippen LogP) is 4.48. The first-order chi connectivity index (χ1) is 22.8. The second-order valence-corrected chi connectivity index (χ2v) is 13.9. The van der Waals surface area contributed by atoms with Crippen molar-refractivity contribution in [1.29, 1.82) is 0 Å². The van der Waals surface area contributed by atoms with Crippen LogP contribution in [0, 0.1) is 0 Å². The zero-order valence-corrected chi connectivity index (χ0v) is 30.0. The molecule has 0 spiro atoms. The number of amides is 3. The molecule has 0 saturated carbocycles. The van der Waals surface area contributed by atoms with Crippen LogP contribution in [0.15, 0.2) is 29.1 Å². The van der Waals surface area contributed by atoms with Crippen molar-refractivity contribution in [3.05, 3.63) is 45.6 Å². The van der Waals surface area contributed by atoms with Crippen LogP contribution >= 0.6 is 11.8 Å². The fraction of sp³-hybridized carbons (Fsp3) is 0.543. The highest BCUT2D eigenvalue weighted by molar-refractivity contribution is 7.98. The molecule has 0 bridgehead atoms. The van der Waals surface area contributed by atoms with Gasteiger partial charge in [-0.15, -0.1) is 0 Å². The number of piperazine rings is 1. The van der Waals surface area contributed by atoms with E-state index in [1.165, 1.54) is 14.0 Å². The zero-order chi connectivity index (χ0) is 35.2. The molecule has 1 aliphatic carbocycles. The molecule has 1 heterocycles. The smallest absolute Gasteiger partial charge is 0.410 e. The van der Waals surface area contributed by atoms with E-state index in [0.29, 0.717) is 79.6 Å². The van der Waals surface area contributed by atoms with Crippen LogP contribution in [0.3, 0.4) is 0 Å². The third-order valence-electron chi connectivity index (χ3n) is 8.40. The van der Waals surface area contributed by atoms with Crippen molar-refractivity contribution in [3.63, 3.8) is 0 Å². The van der Waals surface area contributed by atoms with Crippen molar-refractivity contribution >= 4 is 35.4 Å². The van der Waals surface area contributed by atoms with Gasteiger partial charge in [-0.3, -0.25) is 14.4 Å². The summed E-state index contributed by atoms with van der Waals surface area (Å²) in [6, 6.07) is 5.85. The van der Waals surface area contributed by atoms with Crippen LogP contribution in [0.5, 0.6) is 17.2 Å². The first-order valence-electron chi connectivity index (χ1n) is 16.1. The molecule has 12 nitrogen and oxygen atoms in total. The summed E-state index contributed by atoms with van der Waals surface area (Å²) >= 11 is 1.61. The number of nitrogens with one attached hydrogen (secondary N) is 2. The van der Waals surface area contributed by atoms with Gasteiger partial charge in [-0.1, -0.05) is 6.07 Å². The van der Waals surface area contributed by atoms with E-state index in [9.17, 15) is 19.2 Å². The van der Waals surface area contributed by atoms with Crippen LogP contribution in [0.4, 0.5) is 10.5 Å². The molecule has 48 heavy (non-hydrogen) atoms. The lowest BCUT2D eigenvalue weighted by molar-refractivity contribution is -0.133. The van der Waals surface area contributed by atoms with Gasteiger partial charge in [0.2, 0.25) is 23.0 Å². The summed E-state index contributed by atoms with van der Waals surface area (Å²) in [6.45, 7) is 8.35. The molecular formula is C35H48N4O8S. The second-order valence-electron chi connectivity index (χ2n) is 12.9. The van der Waals surface area contributed by atoms with Crippen LogP contribution in [-0.4, -0.2) is 98.9 Å². The average molecular weight is 685 g/mol. The number of benzene rings is 1. The van der Waals surface area contributed by atoms with Crippen molar-refractivity contribution < 1.29 is 33.3 Å². The van der Waals surface area contributed by atoms with Gasteiger partial charge in [-0.2, -0.15) is 11.8 Å². The van der Waals surface area contributed by atoms with Crippen LogP contribution < -0.4 is 30.3 Å². The lowest BCUT2D eigenvalue weighted by Gasteiger charge is -2.37. The first kappa shape index (κ1) is 36.7. The topological polar surface area (TPSA) is 136 Å². The van der Waals surface area contributed by atoms with E-state index < -0.39 is 23.8 Å². The number of thioether (sulfide) groups is 1. The Morgan fingerprint density at radius 1 is 0.979 bits per heavy atom.